The summed E-state index contributed by atoms with van der Waals surface area (Å²) in [5, 5.41) is 3.93. The average Bonchev–Trinajstić information content (AvgIpc) is 2.91. The van der Waals surface area contributed by atoms with Crippen LogP contribution < -0.4 is 5.32 Å². The fourth-order valence-corrected chi connectivity index (χ4v) is 4.38. The smallest absolute Gasteiger partial charge is 0.225 e. The summed E-state index contributed by atoms with van der Waals surface area (Å²) in [4.78, 5) is 16.8. The highest BCUT2D eigenvalue weighted by Crippen LogP contribution is 2.28. The fraction of sp³-hybridized carbons (Fsp3) is 0.941. The van der Waals surface area contributed by atoms with Crippen molar-refractivity contribution in [1.82, 2.24) is 15.1 Å². The molecular weight excluding hydrogens is 262 g/mol. The molecule has 0 bridgehead atoms. The van der Waals surface area contributed by atoms with Gasteiger partial charge in [0.05, 0.1) is 0 Å². The first-order chi connectivity index (χ1) is 10.1. The molecule has 3 aliphatic heterocycles. The zero-order chi connectivity index (χ0) is 14.8. The maximum Gasteiger partial charge on any atom is 0.225 e. The summed E-state index contributed by atoms with van der Waals surface area (Å²) in [5.74, 6) is 0.466. The molecule has 2 unspecified atom stereocenters. The van der Waals surface area contributed by atoms with Crippen molar-refractivity contribution in [3.63, 3.8) is 0 Å². The number of hydrogen-bond donors (Lipinski definition) is 1. The first kappa shape index (κ1) is 15.3. The van der Waals surface area contributed by atoms with Crippen LogP contribution in [0.1, 0.15) is 52.4 Å². The SMILES string of the molecule is CC(C)C(=O)N1CCC(NC2CCN3CCCCC23)CC1. The van der Waals surface area contributed by atoms with Gasteiger partial charge in [0.25, 0.3) is 0 Å². The van der Waals surface area contributed by atoms with Crippen molar-refractivity contribution in [2.24, 2.45) is 5.92 Å². The van der Waals surface area contributed by atoms with Crippen LogP contribution in [0.5, 0.6) is 0 Å². The summed E-state index contributed by atoms with van der Waals surface area (Å²) in [6.45, 7) is 8.48. The molecule has 0 spiro atoms. The first-order valence-electron chi connectivity index (χ1n) is 8.94. The summed E-state index contributed by atoms with van der Waals surface area (Å²) >= 11 is 0. The van der Waals surface area contributed by atoms with E-state index >= 15 is 0 Å². The van der Waals surface area contributed by atoms with E-state index in [-0.39, 0.29) is 5.92 Å². The average molecular weight is 293 g/mol. The standard InChI is InChI=1S/C17H31N3O/c1-13(2)17(21)20-10-6-14(7-11-20)18-15-8-12-19-9-4-3-5-16(15)19/h13-16,18H,3-12H2,1-2H3. The molecule has 4 nitrogen and oxygen atoms in total. The number of carbonyl (C=O) groups excluding carboxylic acids is 1. The third-order valence-electron chi connectivity index (χ3n) is 5.61. The summed E-state index contributed by atoms with van der Waals surface area (Å²) in [5.41, 5.74) is 0. The van der Waals surface area contributed by atoms with Gasteiger partial charge in [-0.15, -0.1) is 0 Å². The Morgan fingerprint density at radius 1 is 1.00 bits per heavy atom. The molecule has 0 saturated carbocycles. The fourth-order valence-electron chi connectivity index (χ4n) is 4.38. The highest BCUT2D eigenvalue weighted by molar-refractivity contribution is 5.78. The Bertz CT molecular complexity index is 363. The molecule has 0 aliphatic carbocycles. The summed E-state index contributed by atoms with van der Waals surface area (Å²) in [6.07, 6.45) is 7.74. The van der Waals surface area contributed by atoms with E-state index in [1.54, 1.807) is 0 Å². The van der Waals surface area contributed by atoms with Crippen LogP contribution in [0.4, 0.5) is 0 Å². The monoisotopic (exact) mass is 293 g/mol. The minimum Gasteiger partial charge on any atom is -0.342 e. The summed E-state index contributed by atoms with van der Waals surface area (Å²) in [7, 11) is 0. The summed E-state index contributed by atoms with van der Waals surface area (Å²) in [6, 6.07) is 2.10. The molecule has 3 fully saturated rings. The molecule has 120 valence electrons. The second kappa shape index (κ2) is 6.66. The number of amides is 1. The lowest BCUT2D eigenvalue weighted by atomic mass is 9.96. The van der Waals surface area contributed by atoms with Gasteiger partial charge in [0.15, 0.2) is 0 Å². The van der Waals surface area contributed by atoms with E-state index in [4.69, 9.17) is 0 Å². The van der Waals surface area contributed by atoms with Crippen molar-refractivity contribution in [3.05, 3.63) is 0 Å². The van der Waals surface area contributed by atoms with Crippen LogP contribution >= 0.6 is 0 Å². The highest BCUT2D eigenvalue weighted by atomic mass is 16.2. The van der Waals surface area contributed by atoms with E-state index in [1.165, 1.54) is 38.8 Å². The predicted molar refractivity (Wildman–Crippen MR) is 85.2 cm³/mol. The largest absolute Gasteiger partial charge is 0.342 e. The van der Waals surface area contributed by atoms with Crippen LogP contribution in [0.15, 0.2) is 0 Å². The van der Waals surface area contributed by atoms with Crippen LogP contribution in [-0.2, 0) is 4.79 Å². The Balaban J connectivity index is 1.46. The van der Waals surface area contributed by atoms with Gasteiger partial charge in [0.1, 0.15) is 0 Å². The maximum atomic E-state index is 12.0. The first-order valence-corrected chi connectivity index (χ1v) is 8.94. The minimum atomic E-state index is 0.139. The van der Waals surface area contributed by atoms with E-state index < -0.39 is 0 Å². The lowest BCUT2D eigenvalue weighted by molar-refractivity contribution is -0.135. The van der Waals surface area contributed by atoms with Crippen LogP contribution in [0.25, 0.3) is 0 Å². The van der Waals surface area contributed by atoms with Gasteiger partial charge in [0, 0.05) is 43.7 Å². The van der Waals surface area contributed by atoms with Gasteiger partial charge in [-0.1, -0.05) is 20.3 Å². The number of likely N-dealkylation sites (tertiary alicyclic amines) is 1. The van der Waals surface area contributed by atoms with Crippen molar-refractivity contribution < 1.29 is 4.79 Å². The van der Waals surface area contributed by atoms with Crippen LogP contribution in [0, 0.1) is 5.92 Å². The Morgan fingerprint density at radius 2 is 1.76 bits per heavy atom. The predicted octanol–water partition coefficient (Wildman–Crippen LogP) is 1.85. The van der Waals surface area contributed by atoms with E-state index in [0.717, 1.165) is 32.0 Å². The molecule has 3 heterocycles. The van der Waals surface area contributed by atoms with E-state index in [2.05, 4.69) is 15.1 Å². The topological polar surface area (TPSA) is 35.6 Å². The lowest BCUT2D eigenvalue weighted by Crippen LogP contribution is -2.52. The second-order valence-corrected chi connectivity index (χ2v) is 7.42. The maximum absolute atomic E-state index is 12.0. The number of hydrogen-bond acceptors (Lipinski definition) is 3. The number of carbonyl (C=O) groups is 1. The van der Waals surface area contributed by atoms with E-state index in [1.807, 2.05) is 13.8 Å². The molecule has 2 atom stereocenters. The Kier molecular flexibility index (Phi) is 4.85. The zero-order valence-electron chi connectivity index (χ0n) is 13.7. The molecule has 0 aromatic heterocycles. The Morgan fingerprint density at radius 3 is 2.48 bits per heavy atom. The van der Waals surface area contributed by atoms with Gasteiger partial charge >= 0.3 is 0 Å². The molecule has 0 aromatic carbocycles. The van der Waals surface area contributed by atoms with Crippen molar-refractivity contribution in [1.29, 1.82) is 0 Å². The molecular formula is C17H31N3O. The Hall–Kier alpha value is -0.610. The molecule has 0 radical (unpaired) electrons. The Labute approximate surface area is 129 Å². The van der Waals surface area contributed by atoms with Crippen LogP contribution in [-0.4, -0.2) is 60.0 Å². The molecule has 3 aliphatic rings. The van der Waals surface area contributed by atoms with Gasteiger partial charge in [-0.3, -0.25) is 9.69 Å². The number of fused-ring (bicyclic) bond motifs is 1. The molecule has 1 N–H and O–H groups in total. The lowest BCUT2D eigenvalue weighted by Gasteiger charge is -2.37. The number of piperidine rings is 2. The molecule has 21 heavy (non-hydrogen) atoms. The third-order valence-corrected chi connectivity index (χ3v) is 5.61. The van der Waals surface area contributed by atoms with Crippen molar-refractivity contribution in [2.75, 3.05) is 26.2 Å². The third kappa shape index (κ3) is 3.42. The van der Waals surface area contributed by atoms with E-state index in [9.17, 15) is 4.79 Å². The van der Waals surface area contributed by atoms with Gasteiger partial charge in [-0.05, 0) is 38.6 Å². The number of rotatable bonds is 3. The van der Waals surface area contributed by atoms with Crippen molar-refractivity contribution >= 4 is 5.91 Å². The summed E-state index contributed by atoms with van der Waals surface area (Å²) < 4.78 is 0. The van der Waals surface area contributed by atoms with Crippen molar-refractivity contribution in [3.8, 4) is 0 Å². The van der Waals surface area contributed by atoms with Crippen molar-refractivity contribution in [2.45, 2.75) is 70.5 Å². The highest BCUT2D eigenvalue weighted by Gasteiger charge is 2.36. The number of nitrogens with one attached hydrogen (secondary N) is 1. The van der Waals surface area contributed by atoms with Crippen LogP contribution in [0.3, 0.4) is 0 Å². The number of nitrogens with zero attached hydrogens (tertiary/aromatic N) is 2. The minimum absolute atomic E-state index is 0.139. The second-order valence-electron chi connectivity index (χ2n) is 7.42. The molecule has 4 heteroatoms. The zero-order valence-corrected chi connectivity index (χ0v) is 13.7. The van der Waals surface area contributed by atoms with Crippen LogP contribution in [0.2, 0.25) is 0 Å². The van der Waals surface area contributed by atoms with E-state index in [0.29, 0.717) is 18.0 Å². The van der Waals surface area contributed by atoms with Gasteiger partial charge < -0.3 is 10.2 Å². The van der Waals surface area contributed by atoms with Gasteiger partial charge in [-0.25, -0.2) is 0 Å². The normalized spacial score (nSPS) is 31.7. The molecule has 3 saturated heterocycles. The molecule has 0 aromatic rings. The quantitative estimate of drug-likeness (QED) is 0.862. The van der Waals surface area contributed by atoms with Gasteiger partial charge in [-0.2, -0.15) is 0 Å². The molecule has 3 rings (SSSR count). The molecule has 1 amide bonds. The van der Waals surface area contributed by atoms with Gasteiger partial charge in [0.2, 0.25) is 5.91 Å².